The molecule has 0 saturated heterocycles. The molecular weight excluding hydrogens is 168 g/mol. The van der Waals surface area contributed by atoms with Crippen LogP contribution >= 0.6 is 0 Å². The largest absolute Gasteiger partial charge is 0.0876 e. The van der Waals surface area contributed by atoms with Crippen LogP contribution in [0.2, 0.25) is 0 Å². The van der Waals surface area contributed by atoms with Crippen molar-refractivity contribution in [3.05, 3.63) is 36.5 Å². The van der Waals surface area contributed by atoms with Crippen LogP contribution in [-0.2, 0) is 0 Å². The lowest BCUT2D eigenvalue weighted by Crippen LogP contribution is -1.81. The van der Waals surface area contributed by atoms with Crippen molar-refractivity contribution in [2.24, 2.45) is 5.92 Å². The second kappa shape index (κ2) is 7.61. The third-order valence-electron chi connectivity index (χ3n) is 2.61. The maximum atomic E-state index is 2.33. The SMILES string of the molecule is CCCCCCC/C=C/C1C=CC=C1. The second-order valence-electron chi connectivity index (χ2n) is 3.98. The molecule has 14 heavy (non-hydrogen) atoms. The minimum atomic E-state index is 0.575. The normalized spacial score (nSPS) is 16.1. The van der Waals surface area contributed by atoms with Crippen molar-refractivity contribution in [1.29, 1.82) is 0 Å². The monoisotopic (exact) mass is 190 g/mol. The second-order valence-corrected chi connectivity index (χ2v) is 3.98. The Bertz CT molecular complexity index is 196. The van der Waals surface area contributed by atoms with Crippen molar-refractivity contribution in [1.82, 2.24) is 0 Å². The highest BCUT2D eigenvalue weighted by atomic mass is 14.0. The first-order valence-corrected chi connectivity index (χ1v) is 5.95. The Kier molecular flexibility index (Phi) is 6.14. The van der Waals surface area contributed by atoms with E-state index in [-0.39, 0.29) is 0 Å². The zero-order valence-electron chi connectivity index (χ0n) is 9.28. The lowest BCUT2D eigenvalue weighted by atomic mass is 10.1. The molecule has 0 amide bonds. The van der Waals surface area contributed by atoms with Gasteiger partial charge in [0.25, 0.3) is 0 Å². The first-order valence-electron chi connectivity index (χ1n) is 5.95. The maximum Gasteiger partial charge on any atom is 0.0133 e. The van der Waals surface area contributed by atoms with Crippen LogP contribution in [-0.4, -0.2) is 0 Å². The van der Waals surface area contributed by atoms with Crippen molar-refractivity contribution in [3.63, 3.8) is 0 Å². The highest BCUT2D eigenvalue weighted by molar-refractivity contribution is 5.22. The molecule has 0 radical (unpaired) electrons. The van der Waals surface area contributed by atoms with Crippen LogP contribution in [0.1, 0.15) is 45.4 Å². The van der Waals surface area contributed by atoms with E-state index in [1.165, 1.54) is 38.5 Å². The van der Waals surface area contributed by atoms with Gasteiger partial charge in [0.05, 0.1) is 0 Å². The van der Waals surface area contributed by atoms with Gasteiger partial charge in [-0.25, -0.2) is 0 Å². The molecule has 1 aliphatic carbocycles. The molecule has 1 aliphatic rings. The van der Waals surface area contributed by atoms with Crippen molar-refractivity contribution in [2.75, 3.05) is 0 Å². The summed E-state index contributed by atoms with van der Waals surface area (Å²) in [6, 6.07) is 0. The maximum absolute atomic E-state index is 2.33. The van der Waals surface area contributed by atoms with E-state index in [0.717, 1.165) is 0 Å². The molecule has 0 heterocycles. The molecule has 1 rings (SSSR count). The molecule has 0 saturated carbocycles. The molecule has 0 atom stereocenters. The zero-order valence-corrected chi connectivity index (χ0v) is 9.28. The summed E-state index contributed by atoms with van der Waals surface area (Å²) in [5, 5.41) is 0. The Balaban J connectivity index is 1.92. The van der Waals surface area contributed by atoms with Crippen LogP contribution in [0.15, 0.2) is 36.5 Å². The summed E-state index contributed by atoms with van der Waals surface area (Å²) in [5.74, 6) is 0.575. The summed E-state index contributed by atoms with van der Waals surface area (Å²) in [6.45, 7) is 2.26. The molecule has 0 spiro atoms. The van der Waals surface area contributed by atoms with Gasteiger partial charge in [-0.15, -0.1) is 0 Å². The molecule has 0 nitrogen and oxygen atoms in total. The van der Waals surface area contributed by atoms with Crippen LogP contribution in [0, 0.1) is 5.92 Å². The van der Waals surface area contributed by atoms with Gasteiger partial charge in [0.1, 0.15) is 0 Å². The van der Waals surface area contributed by atoms with E-state index in [1.807, 2.05) is 0 Å². The molecular formula is C14H22. The average Bonchev–Trinajstić information content (AvgIpc) is 2.69. The van der Waals surface area contributed by atoms with E-state index >= 15 is 0 Å². The minimum absolute atomic E-state index is 0.575. The minimum Gasteiger partial charge on any atom is -0.0876 e. The number of unbranched alkanes of at least 4 members (excludes halogenated alkanes) is 5. The summed E-state index contributed by atoms with van der Waals surface area (Å²) < 4.78 is 0. The fraction of sp³-hybridized carbons (Fsp3) is 0.571. The average molecular weight is 190 g/mol. The van der Waals surface area contributed by atoms with Crippen LogP contribution in [0.3, 0.4) is 0 Å². The van der Waals surface area contributed by atoms with Gasteiger partial charge in [-0.1, -0.05) is 69.1 Å². The molecule has 0 N–H and O–H groups in total. The van der Waals surface area contributed by atoms with Crippen molar-refractivity contribution in [3.8, 4) is 0 Å². The van der Waals surface area contributed by atoms with E-state index in [0.29, 0.717) is 5.92 Å². The number of rotatable bonds is 7. The van der Waals surface area contributed by atoms with E-state index in [2.05, 4.69) is 43.4 Å². The predicted octanol–water partition coefficient (Wildman–Crippen LogP) is 4.65. The number of hydrogen-bond donors (Lipinski definition) is 0. The standard InChI is InChI=1S/C14H22/c1-2-3-4-5-6-7-8-11-14-12-9-10-13-14/h8-14H,2-7H2,1H3/b11-8+. The third-order valence-corrected chi connectivity index (χ3v) is 2.61. The molecule has 0 fully saturated rings. The van der Waals surface area contributed by atoms with E-state index in [1.54, 1.807) is 0 Å². The molecule has 0 aliphatic heterocycles. The van der Waals surface area contributed by atoms with Crippen molar-refractivity contribution in [2.45, 2.75) is 45.4 Å². The van der Waals surface area contributed by atoms with Crippen molar-refractivity contribution < 1.29 is 0 Å². The van der Waals surface area contributed by atoms with E-state index < -0.39 is 0 Å². The molecule has 78 valence electrons. The highest BCUT2D eigenvalue weighted by Crippen LogP contribution is 2.11. The van der Waals surface area contributed by atoms with Crippen LogP contribution in [0.25, 0.3) is 0 Å². The Morgan fingerprint density at radius 2 is 1.71 bits per heavy atom. The number of hydrogen-bond acceptors (Lipinski definition) is 0. The van der Waals surface area contributed by atoms with Gasteiger partial charge in [-0.2, -0.15) is 0 Å². The summed E-state index contributed by atoms with van der Waals surface area (Å²) in [4.78, 5) is 0. The fourth-order valence-corrected chi connectivity index (χ4v) is 1.70. The van der Waals surface area contributed by atoms with Crippen LogP contribution in [0.4, 0.5) is 0 Å². The molecule has 0 bridgehead atoms. The van der Waals surface area contributed by atoms with E-state index in [9.17, 15) is 0 Å². The summed E-state index contributed by atoms with van der Waals surface area (Å²) in [5.41, 5.74) is 0. The first-order chi connectivity index (χ1) is 6.93. The molecule has 0 aromatic heterocycles. The van der Waals surface area contributed by atoms with Gasteiger partial charge in [0.15, 0.2) is 0 Å². The zero-order chi connectivity index (χ0) is 10.1. The van der Waals surface area contributed by atoms with E-state index in [4.69, 9.17) is 0 Å². The van der Waals surface area contributed by atoms with Gasteiger partial charge in [-0.05, 0) is 12.8 Å². The Morgan fingerprint density at radius 1 is 1.00 bits per heavy atom. The predicted molar refractivity (Wildman–Crippen MR) is 64.3 cm³/mol. The summed E-state index contributed by atoms with van der Waals surface area (Å²) in [6.07, 6.45) is 21.5. The van der Waals surface area contributed by atoms with Gasteiger partial charge >= 0.3 is 0 Å². The summed E-state index contributed by atoms with van der Waals surface area (Å²) in [7, 11) is 0. The lowest BCUT2D eigenvalue weighted by Gasteiger charge is -1.97. The quantitative estimate of drug-likeness (QED) is 0.405. The Labute approximate surface area is 88.4 Å². The molecule has 0 aromatic carbocycles. The van der Waals surface area contributed by atoms with Gasteiger partial charge in [0.2, 0.25) is 0 Å². The fourth-order valence-electron chi connectivity index (χ4n) is 1.70. The Morgan fingerprint density at radius 3 is 2.43 bits per heavy atom. The first kappa shape index (κ1) is 11.3. The molecule has 0 heteroatoms. The highest BCUT2D eigenvalue weighted by Gasteiger charge is 1.96. The van der Waals surface area contributed by atoms with Crippen LogP contribution in [0.5, 0.6) is 0 Å². The third kappa shape index (κ3) is 5.06. The van der Waals surface area contributed by atoms with Crippen molar-refractivity contribution >= 4 is 0 Å². The van der Waals surface area contributed by atoms with Gasteiger partial charge < -0.3 is 0 Å². The Hall–Kier alpha value is -0.780. The smallest absolute Gasteiger partial charge is 0.0133 e. The lowest BCUT2D eigenvalue weighted by molar-refractivity contribution is 0.637. The van der Waals surface area contributed by atoms with Crippen LogP contribution < -0.4 is 0 Å². The number of allylic oxidation sites excluding steroid dienone is 6. The topological polar surface area (TPSA) is 0 Å². The summed E-state index contributed by atoms with van der Waals surface area (Å²) >= 11 is 0. The van der Waals surface area contributed by atoms with Gasteiger partial charge in [0, 0.05) is 5.92 Å². The molecule has 0 unspecified atom stereocenters. The molecule has 0 aromatic rings. The van der Waals surface area contributed by atoms with Gasteiger partial charge in [-0.3, -0.25) is 0 Å².